The van der Waals surface area contributed by atoms with Crippen molar-refractivity contribution in [2.45, 2.75) is 424 Å². The van der Waals surface area contributed by atoms with Crippen LogP contribution in [0.5, 0.6) is 0 Å². The van der Waals surface area contributed by atoms with Crippen molar-refractivity contribution in [1.82, 2.24) is 5.32 Å². The number of amides is 1. The molecular weight excluding hydrogens is 983 g/mol. The lowest BCUT2D eigenvalue weighted by molar-refractivity contribution is -0.143. The standard InChI is InChI=1S/C74H143NO5/c1-3-5-7-9-11-13-15-17-19-21-23-24-28-31-34-38-42-46-50-54-58-62-66-72(77)71(70-76)75-73(78)67-63-59-55-51-47-43-39-35-32-29-26-25-27-30-33-37-41-45-49-53-57-61-65-69-80-74(79)68-64-60-56-52-48-44-40-36-22-20-18-16-14-12-10-8-6-4-2/h20,22,62,66,71-72,76-77H,3-19,21,23-61,63-65,67-70H2,1-2H3,(H,75,78)/b22-20-,66-62+. The maximum absolute atomic E-state index is 12.5. The van der Waals surface area contributed by atoms with Crippen molar-refractivity contribution in [3.05, 3.63) is 24.3 Å². The number of carbonyl (C=O) groups is 2. The van der Waals surface area contributed by atoms with Gasteiger partial charge in [0.05, 0.1) is 25.4 Å². The molecule has 1 amide bonds. The van der Waals surface area contributed by atoms with Crippen LogP contribution in [0, 0.1) is 0 Å². The molecule has 0 spiro atoms. The van der Waals surface area contributed by atoms with E-state index >= 15 is 0 Å². The first-order valence-corrected chi connectivity index (χ1v) is 36.6. The van der Waals surface area contributed by atoms with Gasteiger partial charge in [0.1, 0.15) is 0 Å². The summed E-state index contributed by atoms with van der Waals surface area (Å²) in [6, 6.07) is -0.629. The fraction of sp³-hybridized carbons (Fsp3) is 0.919. The van der Waals surface area contributed by atoms with Crippen LogP contribution in [-0.2, 0) is 14.3 Å². The number of ether oxygens (including phenoxy) is 1. The van der Waals surface area contributed by atoms with Gasteiger partial charge in [-0.1, -0.05) is 366 Å². The Kier molecular flexibility index (Phi) is 68.4. The van der Waals surface area contributed by atoms with Gasteiger partial charge in [0.15, 0.2) is 0 Å². The van der Waals surface area contributed by atoms with E-state index in [2.05, 4.69) is 31.3 Å². The first-order chi connectivity index (χ1) is 39.5. The second-order valence-corrected chi connectivity index (χ2v) is 25.3. The van der Waals surface area contributed by atoms with Crippen molar-refractivity contribution in [2.24, 2.45) is 0 Å². The largest absolute Gasteiger partial charge is 0.466 e. The maximum Gasteiger partial charge on any atom is 0.305 e. The number of hydrogen-bond donors (Lipinski definition) is 3. The van der Waals surface area contributed by atoms with Gasteiger partial charge < -0.3 is 20.3 Å². The van der Waals surface area contributed by atoms with E-state index in [1.807, 2.05) is 6.08 Å². The van der Waals surface area contributed by atoms with E-state index in [1.54, 1.807) is 6.08 Å². The lowest BCUT2D eigenvalue weighted by atomic mass is 10.0. The molecule has 0 aliphatic rings. The fourth-order valence-electron chi connectivity index (χ4n) is 11.6. The Labute approximate surface area is 501 Å². The Balaban J connectivity index is 3.39. The Hall–Kier alpha value is -1.66. The van der Waals surface area contributed by atoms with Crippen LogP contribution in [-0.4, -0.2) is 47.4 Å². The fourth-order valence-corrected chi connectivity index (χ4v) is 11.6. The summed E-state index contributed by atoms with van der Waals surface area (Å²) in [6.45, 7) is 4.94. The molecule has 2 unspecified atom stereocenters. The lowest BCUT2D eigenvalue weighted by Gasteiger charge is -2.20. The number of carbonyl (C=O) groups excluding carboxylic acids is 2. The molecule has 0 heterocycles. The molecule has 0 radical (unpaired) electrons. The van der Waals surface area contributed by atoms with Gasteiger partial charge in [-0.25, -0.2) is 0 Å². The van der Waals surface area contributed by atoms with Crippen LogP contribution in [0.1, 0.15) is 412 Å². The van der Waals surface area contributed by atoms with Crippen LogP contribution in [0.2, 0.25) is 0 Å². The highest BCUT2D eigenvalue weighted by Crippen LogP contribution is 2.19. The van der Waals surface area contributed by atoms with Gasteiger partial charge in [0, 0.05) is 12.8 Å². The van der Waals surface area contributed by atoms with Gasteiger partial charge in [-0.05, 0) is 57.8 Å². The second kappa shape index (κ2) is 69.8. The van der Waals surface area contributed by atoms with Gasteiger partial charge in [0.25, 0.3) is 0 Å². The number of hydrogen-bond acceptors (Lipinski definition) is 5. The van der Waals surface area contributed by atoms with E-state index < -0.39 is 12.1 Å². The number of aliphatic hydroxyl groups excluding tert-OH is 2. The van der Waals surface area contributed by atoms with Gasteiger partial charge in [-0.15, -0.1) is 0 Å². The first kappa shape index (κ1) is 78.3. The van der Waals surface area contributed by atoms with Crippen molar-refractivity contribution < 1.29 is 24.5 Å². The molecule has 0 aromatic rings. The van der Waals surface area contributed by atoms with Crippen molar-refractivity contribution in [1.29, 1.82) is 0 Å². The predicted molar refractivity (Wildman–Crippen MR) is 352 cm³/mol. The molecule has 3 N–H and O–H groups in total. The molecule has 0 aliphatic heterocycles. The third-order valence-electron chi connectivity index (χ3n) is 17.2. The highest BCUT2D eigenvalue weighted by molar-refractivity contribution is 5.76. The molecule has 0 bridgehead atoms. The number of rotatable bonds is 69. The summed E-state index contributed by atoms with van der Waals surface area (Å²) in [5, 5.41) is 23.3. The number of aliphatic hydroxyl groups is 2. The number of esters is 1. The third kappa shape index (κ3) is 65.5. The van der Waals surface area contributed by atoms with E-state index in [9.17, 15) is 19.8 Å². The summed E-state index contributed by atoms with van der Waals surface area (Å²) in [5.41, 5.74) is 0. The Morgan fingerprint density at radius 2 is 0.588 bits per heavy atom. The van der Waals surface area contributed by atoms with Crippen LogP contribution < -0.4 is 5.32 Å². The first-order valence-electron chi connectivity index (χ1n) is 36.6. The molecule has 0 saturated carbocycles. The molecular formula is C74H143NO5. The molecule has 6 heteroatoms. The van der Waals surface area contributed by atoms with E-state index in [0.717, 1.165) is 44.9 Å². The molecule has 0 aliphatic carbocycles. The van der Waals surface area contributed by atoms with Gasteiger partial charge in [-0.3, -0.25) is 9.59 Å². The van der Waals surface area contributed by atoms with Crippen molar-refractivity contribution in [2.75, 3.05) is 13.2 Å². The summed E-state index contributed by atoms with van der Waals surface area (Å²) in [5.74, 6) is -0.0510. The highest BCUT2D eigenvalue weighted by atomic mass is 16.5. The highest BCUT2D eigenvalue weighted by Gasteiger charge is 2.18. The van der Waals surface area contributed by atoms with E-state index in [-0.39, 0.29) is 18.5 Å². The van der Waals surface area contributed by atoms with Crippen molar-refractivity contribution in [3.8, 4) is 0 Å². The maximum atomic E-state index is 12.5. The summed E-state index contributed by atoms with van der Waals surface area (Å²) in [4.78, 5) is 24.6. The van der Waals surface area contributed by atoms with Crippen LogP contribution in [0.15, 0.2) is 24.3 Å². The third-order valence-corrected chi connectivity index (χ3v) is 17.2. The minimum atomic E-state index is -0.845. The van der Waals surface area contributed by atoms with Crippen LogP contribution in [0.4, 0.5) is 0 Å². The average Bonchev–Trinajstić information content (AvgIpc) is 3.46. The van der Waals surface area contributed by atoms with Gasteiger partial charge >= 0.3 is 5.97 Å². The van der Waals surface area contributed by atoms with E-state index in [1.165, 1.54) is 340 Å². The molecule has 0 saturated heterocycles. The zero-order valence-corrected chi connectivity index (χ0v) is 54.3. The summed E-state index contributed by atoms with van der Waals surface area (Å²) < 4.78 is 5.51. The summed E-state index contributed by atoms with van der Waals surface area (Å²) in [6.07, 6.45) is 88.3. The Morgan fingerprint density at radius 3 is 0.887 bits per heavy atom. The molecule has 474 valence electrons. The average molecular weight is 1130 g/mol. The second-order valence-electron chi connectivity index (χ2n) is 25.3. The smallest absolute Gasteiger partial charge is 0.305 e. The zero-order valence-electron chi connectivity index (χ0n) is 54.3. The topological polar surface area (TPSA) is 95.9 Å². The van der Waals surface area contributed by atoms with Gasteiger partial charge in [0.2, 0.25) is 5.91 Å². The number of allylic oxidation sites excluding steroid dienone is 3. The summed E-state index contributed by atoms with van der Waals surface area (Å²) >= 11 is 0. The normalized spacial score (nSPS) is 12.6. The molecule has 2 atom stereocenters. The zero-order chi connectivity index (χ0) is 57.8. The number of nitrogens with one attached hydrogen (secondary N) is 1. The summed E-state index contributed by atoms with van der Waals surface area (Å²) in [7, 11) is 0. The molecule has 6 nitrogen and oxygen atoms in total. The monoisotopic (exact) mass is 1130 g/mol. The Bertz CT molecular complexity index is 1250. The van der Waals surface area contributed by atoms with Crippen LogP contribution in [0.25, 0.3) is 0 Å². The molecule has 0 rings (SSSR count). The molecule has 80 heavy (non-hydrogen) atoms. The predicted octanol–water partition coefficient (Wildman–Crippen LogP) is 23.7. The van der Waals surface area contributed by atoms with Crippen molar-refractivity contribution in [3.63, 3.8) is 0 Å². The van der Waals surface area contributed by atoms with E-state index in [4.69, 9.17) is 4.74 Å². The quantitative estimate of drug-likeness (QED) is 0.0320. The molecule has 0 aromatic carbocycles. The minimum Gasteiger partial charge on any atom is -0.466 e. The van der Waals surface area contributed by atoms with Crippen LogP contribution >= 0.6 is 0 Å². The molecule has 0 aromatic heterocycles. The SMILES string of the molecule is CCCCCCCCC/C=C\CCCCCCCCCC(=O)OCCCCCCCCCCCCCCCCCCCCCCCCCC(=O)NC(CO)C(O)/C=C/CCCCCCCCCCCCCCCCCCCCCC. The lowest BCUT2D eigenvalue weighted by Crippen LogP contribution is -2.45. The number of unbranched alkanes of at least 4 members (excludes halogenated alkanes) is 56. The minimum absolute atomic E-state index is 0.0120. The molecule has 0 fully saturated rings. The van der Waals surface area contributed by atoms with Gasteiger partial charge in [-0.2, -0.15) is 0 Å². The van der Waals surface area contributed by atoms with E-state index in [0.29, 0.717) is 19.4 Å². The van der Waals surface area contributed by atoms with Crippen molar-refractivity contribution >= 4 is 11.9 Å². The van der Waals surface area contributed by atoms with Crippen LogP contribution in [0.3, 0.4) is 0 Å². The Morgan fingerprint density at radius 1 is 0.338 bits per heavy atom.